The topological polar surface area (TPSA) is 56.5 Å². The van der Waals surface area contributed by atoms with Gasteiger partial charge in [0.05, 0.1) is 14.2 Å². The molecule has 1 aromatic rings. The summed E-state index contributed by atoms with van der Waals surface area (Å²) in [5, 5.41) is 0. The summed E-state index contributed by atoms with van der Waals surface area (Å²) in [7, 11) is 3.30. The predicted octanol–water partition coefficient (Wildman–Crippen LogP) is 2.90. The van der Waals surface area contributed by atoms with Gasteiger partial charge in [-0.1, -0.05) is 32.8 Å². The lowest BCUT2D eigenvalue weighted by Crippen LogP contribution is -2.38. The molecule has 0 aromatic heterocycles. The predicted molar refractivity (Wildman–Crippen MR) is 83.1 cm³/mol. The summed E-state index contributed by atoms with van der Waals surface area (Å²) in [5.74, 6) is 7.94. The van der Waals surface area contributed by atoms with Crippen molar-refractivity contribution in [3.63, 3.8) is 0 Å². The van der Waals surface area contributed by atoms with Gasteiger partial charge in [-0.3, -0.25) is 11.3 Å². The molecule has 0 saturated carbocycles. The molecule has 0 spiro atoms. The van der Waals surface area contributed by atoms with Crippen LogP contribution >= 0.6 is 0 Å². The van der Waals surface area contributed by atoms with E-state index in [1.54, 1.807) is 14.2 Å². The van der Waals surface area contributed by atoms with Crippen LogP contribution in [0.1, 0.15) is 38.7 Å². The van der Waals surface area contributed by atoms with E-state index in [-0.39, 0.29) is 6.04 Å². The van der Waals surface area contributed by atoms with Crippen molar-refractivity contribution in [2.75, 3.05) is 14.2 Å². The summed E-state index contributed by atoms with van der Waals surface area (Å²) in [6.45, 7) is 4.47. The van der Waals surface area contributed by atoms with Crippen LogP contribution in [0.15, 0.2) is 18.2 Å². The van der Waals surface area contributed by atoms with Crippen molar-refractivity contribution in [3.8, 4) is 11.5 Å². The van der Waals surface area contributed by atoms with Crippen LogP contribution in [-0.2, 0) is 6.42 Å². The third kappa shape index (κ3) is 4.69. The van der Waals surface area contributed by atoms with Crippen molar-refractivity contribution in [1.82, 2.24) is 5.43 Å². The second kappa shape index (κ2) is 8.82. The van der Waals surface area contributed by atoms with E-state index in [2.05, 4.69) is 25.3 Å². The molecule has 0 aliphatic heterocycles. The fourth-order valence-corrected chi connectivity index (χ4v) is 2.53. The van der Waals surface area contributed by atoms with Crippen molar-refractivity contribution in [1.29, 1.82) is 0 Å². The minimum absolute atomic E-state index is 0.290. The van der Waals surface area contributed by atoms with E-state index in [1.165, 1.54) is 18.4 Å². The highest BCUT2D eigenvalue weighted by molar-refractivity contribution is 5.43. The Hall–Kier alpha value is -1.26. The molecule has 0 amide bonds. The average molecular weight is 280 g/mol. The highest BCUT2D eigenvalue weighted by atomic mass is 16.5. The normalized spacial score (nSPS) is 12.5. The van der Waals surface area contributed by atoms with Crippen molar-refractivity contribution in [2.24, 2.45) is 11.8 Å². The average Bonchev–Trinajstić information content (AvgIpc) is 2.50. The van der Waals surface area contributed by atoms with Gasteiger partial charge in [-0.05, 0) is 36.5 Å². The van der Waals surface area contributed by atoms with Gasteiger partial charge in [-0.2, -0.15) is 0 Å². The lowest BCUT2D eigenvalue weighted by Gasteiger charge is -2.21. The Morgan fingerprint density at radius 3 is 2.25 bits per heavy atom. The van der Waals surface area contributed by atoms with Gasteiger partial charge in [0.1, 0.15) is 0 Å². The van der Waals surface area contributed by atoms with Crippen molar-refractivity contribution >= 4 is 0 Å². The summed E-state index contributed by atoms with van der Waals surface area (Å²) < 4.78 is 10.6. The number of hydrogen-bond acceptors (Lipinski definition) is 4. The second-order valence-electron chi connectivity index (χ2n) is 5.18. The molecule has 114 valence electrons. The van der Waals surface area contributed by atoms with Crippen LogP contribution in [0.3, 0.4) is 0 Å². The highest BCUT2D eigenvalue weighted by Gasteiger charge is 2.14. The lowest BCUT2D eigenvalue weighted by molar-refractivity contribution is 0.352. The quantitative estimate of drug-likeness (QED) is 0.539. The number of rotatable bonds is 9. The molecule has 3 N–H and O–H groups in total. The van der Waals surface area contributed by atoms with Crippen LogP contribution in [0.4, 0.5) is 0 Å². The van der Waals surface area contributed by atoms with Gasteiger partial charge in [-0.25, -0.2) is 0 Å². The van der Waals surface area contributed by atoms with E-state index in [0.717, 1.165) is 30.3 Å². The van der Waals surface area contributed by atoms with E-state index in [1.807, 2.05) is 12.1 Å². The van der Waals surface area contributed by atoms with Crippen LogP contribution < -0.4 is 20.7 Å². The van der Waals surface area contributed by atoms with Crippen molar-refractivity contribution < 1.29 is 9.47 Å². The molecule has 0 fully saturated rings. The van der Waals surface area contributed by atoms with Gasteiger partial charge in [0.2, 0.25) is 0 Å². The number of nitrogens with two attached hydrogens (primary N) is 1. The Kier molecular flexibility index (Phi) is 7.41. The Balaban J connectivity index is 2.74. The first-order valence-corrected chi connectivity index (χ1v) is 7.35. The lowest BCUT2D eigenvalue weighted by atomic mass is 9.92. The molecule has 0 radical (unpaired) electrons. The van der Waals surface area contributed by atoms with E-state index >= 15 is 0 Å². The number of benzene rings is 1. The largest absolute Gasteiger partial charge is 0.493 e. The van der Waals surface area contributed by atoms with E-state index < -0.39 is 0 Å². The zero-order chi connectivity index (χ0) is 15.0. The Labute approximate surface area is 122 Å². The van der Waals surface area contributed by atoms with E-state index in [9.17, 15) is 0 Å². The third-order valence-electron chi connectivity index (χ3n) is 3.94. The number of hydrazine groups is 1. The van der Waals surface area contributed by atoms with Crippen LogP contribution in [0, 0.1) is 5.92 Å². The molecular weight excluding hydrogens is 252 g/mol. The molecular formula is C16H28N2O2. The molecule has 1 rings (SSSR count). The third-order valence-corrected chi connectivity index (χ3v) is 3.94. The van der Waals surface area contributed by atoms with Crippen LogP contribution in [0.2, 0.25) is 0 Å². The fraction of sp³-hybridized carbons (Fsp3) is 0.625. The molecule has 0 bridgehead atoms. The first kappa shape index (κ1) is 16.8. The maximum absolute atomic E-state index is 5.70. The standard InChI is InChI=1S/C16H28N2O2/c1-5-12(6-2)9-14(18-17)10-13-7-8-15(19-3)16(11-13)20-4/h7-8,11-12,14,18H,5-6,9-10,17H2,1-4H3. The summed E-state index contributed by atoms with van der Waals surface area (Å²) in [4.78, 5) is 0. The van der Waals surface area contributed by atoms with E-state index in [4.69, 9.17) is 15.3 Å². The van der Waals surface area contributed by atoms with Crippen molar-refractivity contribution in [3.05, 3.63) is 23.8 Å². The molecule has 1 atom stereocenters. The number of nitrogens with one attached hydrogen (secondary N) is 1. The summed E-state index contributed by atoms with van der Waals surface area (Å²) in [6, 6.07) is 6.33. The minimum Gasteiger partial charge on any atom is -0.493 e. The van der Waals surface area contributed by atoms with Gasteiger partial charge in [-0.15, -0.1) is 0 Å². The molecule has 20 heavy (non-hydrogen) atoms. The van der Waals surface area contributed by atoms with Crippen LogP contribution in [0.25, 0.3) is 0 Å². The zero-order valence-electron chi connectivity index (χ0n) is 13.1. The van der Waals surface area contributed by atoms with Crippen molar-refractivity contribution in [2.45, 2.75) is 45.6 Å². The minimum atomic E-state index is 0.290. The summed E-state index contributed by atoms with van der Waals surface area (Å²) >= 11 is 0. The second-order valence-corrected chi connectivity index (χ2v) is 5.18. The molecule has 0 aliphatic rings. The van der Waals surface area contributed by atoms with Gasteiger partial charge in [0, 0.05) is 6.04 Å². The smallest absolute Gasteiger partial charge is 0.160 e. The van der Waals surface area contributed by atoms with Gasteiger partial charge in [0.15, 0.2) is 11.5 Å². The van der Waals surface area contributed by atoms with Gasteiger partial charge in [0.25, 0.3) is 0 Å². The molecule has 4 nitrogen and oxygen atoms in total. The Morgan fingerprint density at radius 2 is 1.75 bits per heavy atom. The SMILES string of the molecule is CCC(CC)CC(Cc1ccc(OC)c(OC)c1)NN. The summed E-state index contributed by atoms with van der Waals surface area (Å²) in [6.07, 6.45) is 4.38. The number of hydrogen-bond donors (Lipinski definition) is 2. The molecule has 4 heteroatoms. The number of ether oxygens (including phenoxy) is 2. The van der Waals surface area contributed by atoms with Gasteiger partial charge >= 0.3 is 0 Å². The highest BCUT2D eigenvalue weighted by Crippen LogP contribution is 2.28. The van der Waals surface area contributed by atoms with Crippen LogP contribution in [0.5, 0.6) is 11.5 Å². The molecule has 1 unspecified atom stereocenters. The first-order valence-electron chi connectivity index (χ1n) is 7.35. The Morgan fingerprint density at radius 1 is 1.10 bits per heavy atom. The maximum Gasteiger partial charge on any atom is 0.160 e. The Bertz CT molecular complexity index is 392. The maximum atomic E-state index is 5.70. The molecule has 0 aliphatic carbocycles. The summed E-state index contributed by atoms with van der Waals surface area (Å²) in [5.41, 5.74) is 4.15. The number of methoxy groups -OCH3 is 2. The molecule has 1 aromatic carbocycles. The monoisotopic (exact) mass is 280 g/mol. The van der Waals surface area contributed by atoms with Crippen LogP contribution in [-0.4, -0.2) is 20.3 Å². The van der Waals surface area contributed by atoms with E-state index in [0.29, 0.717) is 0 Å². The fourth-order valence-electron chi connectivity index (χ4n) is 2.53. The van der Waals surface area contributed by atoms with Gasteiger partial charge < -0.3 is 9.47 Å². The molecule has 0 saturated heterocycles. The zero-order valence-corrected chi connectivity index (χ0v) is 13.1. The first-order chi connectivity index (χ1) is 9.68. The molecule has 0 heterocycles.